The van der Waals surface area contributed by atoms with E-state index < -0.39 is 38.6 Å². The zero-order chi connectivity index (χ0) is 32.1. The molecule has 0 spiro atoms. The lowest BCUT2D eigenvalue weighted by Gasteiger charge is -2.71. The largest absolute Gasteiger partial charge is 0.381 e. The molecular weight excluding hydrogens is 552 g/mol. The summed E-state index contributed by atoms with van der Waals surface area (Å²) in [5.74, 6) is -0.994. The maximum Gasteiger partial charge on any atom is 0.226 e. The molecule has 44 heavy (non-hydrogen) atoms. The van der Waals surface area contributed by atoms with Gasteiger partial charge in [-0.2, -0.15) is 15.5 Å². The predicted molar refractivity (Wildman–Crippen MR) is 164 cm³/mol. The van der Waals surface area contributed by atoms with Crippen LogP contribution < -0.4 is 5.32 Å². The lowest BCUT2D eigenvalue weighted by molar-refractivity contribution is -0.242. The molecular formula is C36H46N4O4. The molecule has 6 rings (SSSR count). The van der Waals surface area contributed by atoms with Crippen LogP contribution in [0.3, 0.4) is 0 Å². The summed E-state index contributed by atoms with van der Waals surface area (Å²) >= 11 is 0. The molecule has 1 aromatic rings. The van der Waals surface area contributed by atoms with Crippen molar-refractivity contribution in [3.63, 3.8) is 0 Å². The van der Waals surface area contributed by atoms with Gasteiger partial charge in [0.1, 0.15) is 11.7 Å². The molecule has 5 aliphatic carbocycles. The first kappa shape index (κ1) is 30.8. The first-order valence-corrected chi connectivity index (χ1v) is 16.2. The van der Waals surface area contributed by atoms with Gasteiger partial charge in [-0.25, -0.2) is 0 Å². The van der Waals surface area contributed by atoms with Crippen LogP contribution in [0.2, 0.25) is 0 Å². The average Bonchev–Trinajstić information content (AvgIpc) is 2.98. The van der Waals surface area contributed by atoms with Crippen molar-refractivity contribution in [2.45, 2.75) is 106 Å². The summed E-state index contributed by atoms with van der Waals surface area (Å²) in [7, 11) is 0. The standard InChI is InChI=1S/C36H46N4O4/c1-30(2)24-10-11-34(6)25(33(24,5)18-22(20-37)28(30)42)17-27(41)36(44)26-19-32(4,13-12-31(26,3)14-15-35(34,36)7)29(43)38-21-23-9-8-16-39-40-23/h8-9,16-18,24,26,44H,10-15,19,21H2,1-7H3,(H,38,43)/t24-,26+,31+,32-,33-,34+,35-,36+/m0/s1. The van der Waals surface area contributed by atoms with Crippen LogP contribution in [0.4, 0.5) is 0 Å². The van der Waals surface area contributed by atoms with Crippen LogP contribution >= 0.6 is 0 Å². The molecule has 0 bridgehead atoms. The van der Waals surface area contributed by atoms with Gasteiger partial charge >= 0.3 is 0 Å². The normalized spacial score (nSPS) is 44.1. The summed E-state index contributed by atoms with van der Waals surface area (Å²) in [5, 5.41) is 34.0. The van der Waals surface area contributed by atoms with E-state index in [1.807, 2.05) is 32.9 Å². The van der Waals surface area contributed by atoms with Crippen LogP contribution in [0, 0.1) is 55.7 Å². The quantitative estimate of drug-likeness (QED) is 0.474. The Morgan fingerprint density at radius 2 is 1.75 bits per heavy atom. The number of nitrogens with zero attached hydrogens (tertiary/aromatic N) is 3. The highest BCUT2D eigenvalue weighted by Gasteiger charge is 2.75. The third-order valence-corrected chi connectivity index (χ3v) is 13.9. The molecule has 1 amide bonds. The third-order valence-electron chi connectivity index (χ3n) is 13.9. The number of ketones is 2. The predicted octanol–water partition coefficient (Wildman–Crippen LogP) is 5.43. The summed E-state index contributed by atoms with van der Waals surface area (Å²) in [6, 6.07) is 5.75. The summed E-state index contributed by atoms with van der Waals surface area (Å²) in [6.07, 6.45) is 9.96. The minimum Gasteiger partial charge on any atom is -0.381 e. The first-order chi connectivity index (χ1) is 20.4. The topological polar surface area (TPSA) is 133 Å². The van der Waals surface area contributed by atoms with Crippen LogP contribution in [0.15, 0.2) is 41.6 Å². The lowest BCUT2D eigenvalue weighted by Crippen LogP contribution is -2.74. The van der Waals surface area contributed by atoms with Gasteiger partial charge in [0.05, 0.1) is 17.8 Å². The molecule has 8 atom stereocenters. The second kappa shape index (κ2) is 9.42. The summed E-state index contributed by atoms with van der Waals surface area (Å²) in [6.45, 7) is 14.7. The molecule has 0 radical (unpaired) electrons. The summed E-state index contributed by atoms with van der Waals surface area (Å²) in [5.41, 5.74) is -3.68. The van der Waals surface area contributed by atoms with Crippen LogP contribution in [0.1, 0.15) is 99.1 Å². The highest BCUT2D eigenvalue weighted by molar-refractivity contribution is 6.05. The molecule has 5 aliphatic rings. The first-order valence-electron chi connectivity index (χ1n) is 16.2. The van der Waals surface area contributed by atoms with E-state index in [4.69, 9.17) is 0 Å². The third kappa shape index (κ3) is 3.74. The Hall–Kier alpha value is -3.18. The molecule has 234 valence electrons. The van der Waals surface area contributed by atoms with E-state index in [1.54, 1.807) is 18.3 Å². The zero-order valence-corrected chi connectivity index (χ0v) is 27.2. The van der Waals surface area contributed by atoms with Gasteiger partial charge < -0.3 is 10.4 Å². The minimum absolute atomic E-state index is 0.0636. The van der Waals surface area contributed by atoms with E-state index in [9.17, 15) is 24.8 Å². The highest BCUT2D eigenvalue weighted by atomic mass is 16.3. The number of fused-ring (bicyclic) bond motifs is 7. The Bertz CT molecular complexity index is 1560. The minimum atomic E-state index is -1.66. The van der Waals surface area contributed by atoms with Gasteiger partial charge in [-0.1, -0.05) is 54.5 Å². The van der Waals surface area contributed by atoms with Gasteiger partial charge in [0.15, 0.2) is 11.6 Å². The van der Waals surface area contributed by atoms with Gasteiger partial charge in [-0.3, -0.25) is 14.4 Å². The molecule has 8 nitrogen and oxygen atoms in total. The number of amides is 1. The average molecular weight is 599 g/mol. The molecule has 2 N–H and O–H groups in total. The highest BCUT2D eigenvalue weighted by Crippen LogP contribution is 2.75. The lowest BCUT2D eigenvalue weighted by atomic mass is 9.33. The Morgan fingerprint density at radius 1 is 1.05 bits per heavy atom. The fourth-order valence-electron chi connectivity index (χ4n) is 10.8. The van der Waals surface area contributed by atoms with Crippen molar-refractivity contribution in [1.82, 2.24) is 15.5 Å². The monoisotopic (exact) mass is 598 g/mol. The number of allylic oxidation sites excluding steroid dienone is 3. The molecule has 0 saturated heterocycles. The number of Topliss-reactive ketones (excluding diaryl/α,β-unsaturated/α-hetero) is 1. The van der Waals surface area contributed by atoms with Crippen molar-refractivity contribution in [2.75, 3.05) is 0 Å². The maximum atomic E-state index is 14.6. The number of nitrogens with one attached hydrogen (secondary N) is 1. The van der Waals surface area contributed by atoms with E-state index in [0.717, 1.165) is 31.3 Å². The maximum absolute atomic E-state index is 14.6. The number of carbonyl (C=O) groups is 3. The molecule has 3 saturated carbocycles. The van der Waals surface area contributed by atoms with Crippen molar-refractivity contribution in [1.29, 1.82) is 5.26 Å². The number of hydrogen-bond acceptors (Lipinski definition) is 7. The van der Waals surface area contributed by atoms with Crippen molar-refractivity contribution in [2.24, 2.45) is 44.3 Å². The molecule has 0 aromatic carbocycles. The van der Waals surface area contributed by atoms with E-state index in [1.165, 1.54) is 0 Å². The molecule has 1 heterocycles. The van der Waals surface area contributed by atoms with E-state index in [2.05, 4.69) is 49.3 Å². The van der Waals surface area contributed by atoms with E-state index in [0.29, 0.717) is 25.0 Å². The van der Waals surface area contributed by atoms with Gasteiger partial charge in [0.25, 0.3) is 0 Å². The van der Waals surface area contributed by atoms with E-state index in [-0.39, 0.29) is 40.9 Å². The Balaban J connectivity index is 1.42. The van der Waals surface area contributed by atoms with Gasteiger partial charge in [0.2, 0.25) is 5.91 Å². The summed E-state index contributed by atoms with van der Waals surface area (Å²) < 4.78 is 0. The second-order valence-electron chi connectivity index (χ2n) is 16.3. The number of hydrogen-bond donors (Lipinski definition) is 2. The fourth-order valence-corrected chi connectivity index (χ4v) is 10.8. The second-order valence-corrected chi connectivity index (χ2v) is 16.3. The zero-order valence-electron chi connectivity index (χ0n) is 27.2. The fraction of sp³-hybridized carbons (Fsp3) is 0.667. The van der Waals surface area contributed by atoms with Crippen molar-refractivity contribution in [3.05, 3.63) is 47.3 Å². The molecule has 8 heteroatoms. The number of carbonyl (C=O) groups excluding carboxylic acids is 3. The van der Waals surface area contributed by atoms with Gasteiger partial charge in [0, 0.05) is 33.8 Å². The van der Waals surface area contributed by atoms with Crippen LogP contribution in [-0.2, 0) is 20.9 Å². The molecule has 3 fully saturated rings. The van der Waals surface area contributed by atoms with Crippen LogP contribution in [0.25, 0.3) is 0 Å². The SMILES string of the molecule is CC1(C)C(=O)C(C#N)=C[C@]2(C)C3=CC(=O)[C@]4(O)[C@@H]5C[C@@](C)(C(=O)NCc6cccnn6)CC[C@]5(C)CC[C@@]4(C)[C@]3(C)CC[C@@H]12. The van der Waals surface area contributed by atoms with Crippen molar-refractivity contribution >= 4 is 17.5 Å². The van der Waals surface area contributed by atoms with Gasteiger partial charge in [-0.05, 0) is 85.5 Å². The number of nitriles is 1. The van der Waals surface area contributed by atoms with E-state index >= 15 is 0 Å². The molecule has 0 aliphatic heterocycles. The Kier molecular flexibility index (Phi) is 6.60. The molecule has 0 unspecified atom stereocenters. The Labute approximate surface area is 260 Å². The smallest absolute Gasteiger partial charge is 0.226 e. The molecule has 1 aromatic heterocycles. The van der Waals surface area contributed by atoms with Crippen molar-refractivity contribution < 1.29 is 19.5 Å². The number of aliphatic hydroxyl groups is 1. The van der Waals surface area contributed by atoms with Gasteiger partial charge in [-0.15, -0.1) is 0 Å². The number of rotatable bonds is 3. The van der Waals surface area contributed by atoms with Crippen LogP contribution in [0.5, 0.6) is 0 Å². The summed E-state index contributed by atoms with van der Waals surface area (Å²) in [4.78, 5) is 41.7. The van der Waals surface area contributed by atoms with Crippen LogP contribution in [-0.4, -0.2) is 38.4 Å². The van der Waals surface area contributed by atoms with Crippen molar-refractivity contribution in [3.8, 4) is 6.07 Å². The number of aromatic nitrogens is 2. The Morgan fingerprint density at radius 3 is 2.41 bits per heavy atom.